The molecule has 0 radical (unpaired) electrons. The van der Waals surface area contributed by atoms with Crippen LogP contribution in [0.3, 0.4) is 0 Å². The van der Waals surface area contributed by atoms with Gasteiger partial charge in [-0.05, 0) is 48.1 Å². The number of hydrogen-bond donors (Lipinski definition) is 1. The number of aromatic carboxylic acids is 1. The second-order valence-corrected chi connectivity index (χ2v) is 8.71. The van der Waals surface area contributed by atoms with E-state index in [1.165, 1.54) is 50.5 Å². The molecule has 0 unspecified atom stereocenters. The Bertz CT molecular complexity index is 797. The monoisotopic (exact) mass is 424 g/mol. The zero-order valence-corrected chi connectivity index (χ0v) is 19.7. The Morgan fingerprint density at radius 2 is 1.58 bits per heavy atom. The van der Waals surface area contributed by atoms with Gasteiger partial charge in [-0.1, -0.05) is 96.4 Å². The molecule has 2 aromatic rings. The average molecular weight is 425 g/mol. The number of ether oxygens (including phenoxy) is 1. The van der Waals surface area contributed by atoms with E-state index >= 15 is 0 Å². The molecule has 0 spiro atoms. The predicted octanol–water partition coefficient (Wildman–Crippen LogP) is 8.16. The summed E-state index contributed by atoms with van der Waals surface area (Å²) in [6.07, 6.45) is 12.2. The number of hydrogen-bond acceptors (Lipinski definition) is 2. The smallest absolute Gasteiger partial charge is 0.336 e. The fourth-order valence-electron chi connectivity index (χ4n) is 3.93. The van der Waals surface area contributed by atoms with Crippen LogP contribution in [-0.2, 0) is 6.42 Å². The summed E-state index contributed by atoms with van der Waals surface area (Å²) in [6, 6.07) is 13.5. The quantitative estimate of drug-likeness (QED) is 0.293. The van der Waals surface area contributed by atoms with E-state index in [0.717, 1.165) is 36.1 Å². The number of carboxylic acids is 1. The molecule has 3 heteroatoms. The molecule has 2 aromatic carbocycles. The summed E-state index contributed by atoms with van der Waals surface area (Å²) in [5, 5.41) is 9.75. The minimum atomic E-state index is -0.900. The molecule has 0 amide bonds. The minimum Gasteiger partial charge on any atom is -0.494 e. The van der Waals surface area contributed by atoms with Gasteiger partial charge >= 0.3 is 5.97 Å². The van der Waals surface area contributed by atoms with Crippen LogP contribution < -0.4 is 4.74 Å². The predicted molar refractivity (Wildman–Crippen MR) is 130 cm³/mol. The molecule has 0 fully saturated rings. The molecule has 0 aliphatic carbocycles. The van der Waals surface area contributed by atoms with Gasteiger partial charge in [-0.25, -0.2) is 4.79 Å². The Morgan fingerprint density at radius 3 is 2.26 bits per heavy atom. The van der Waals surface area contributed by atoms with E-state index in [1.54, 1.807) is 12.1 Å². The van der Waals surface area contributed by atoms with Crippen molar-refractivity contribution in [1.82, 2.24) is 0 Å². The first-order valence-corrected chi connectivity index (χ1v) is 12.1. The third kappa shape index (κ3) is 8.40. The SMILES string of the molecule is CCCCCCCCCCOc1ccc(C(=O)O)c(-c2ccccc2C[C@@H](C)CC)c1. The molecule has 0 saturated carbocycles. The first-order valence-electron chi connectivity index (χ1n) is 12.1. The Balaban J connectivity index is 2.03. The highest BCUT2D eigenvalue weighted by Gasteiger charge is 2.16. The van der Waals surface area contributed by atoms with Gasteiger partial charge in [0, 0.05) is 5.56 Å². The van der Waals surface area contributed by atoms with Crippen LogP contribution >= 0.6 is 0 Å². The van der Waals surface area contributed by atoms with E-state index in [9.17, 15) is 9.90 Å². The Morgan fingerprint density at radius 1 is 0.903 bits per heavy atom. The molecule has 170 valence electrons. The number of carbonyl (C=O) groups is 1. The molecule has 0 aliphatic heterocycles. The molecule has 0 bridgehead atoms. The van der Waals surface area contributed by atoms with Crippen molar-refractivity contribution in [2.24, 2.45) is 5.92 Å². The topological polar surface area (TPSA) is 46.5 Å². The summed E-state index contributed by atoms with van der Waals surface area (Å²) in [7, 11) is 0. The van der Waals surface area contributed by atoms with Crippen LogP contribution in [0.25, 0.3) is 11.1 Å². The maximum absolute atomic E-state index is 11.9. The van der Waals surface area contributed by atoms with Gasteiger partial charge in [0.1, 0.15) is 5.75 Å². The average Bonchev–Trinajstić information content (AvgIpc) is 2.78. The first-order chi connectivity index (χ1) is 15.1. The Labute approximate surface area is 188 Å². The maximum atomic E-state index is 11.9. The molecule has 1 atom stereocenters. The lowest BCUT2D eigenvalue weighted by molar-refractivity contribution is 0.0697. The molecule has 31 heavy (non-hydrogen) atoms. The molecular formula is C28H40O3. The number of carboxylic acid groups (broad SMARTS) is 1. The standard InChI is InChI=1S/C28H40O3/c1-4-6-7-8-9-10-11-14-19-31-24-17-18-26(28(29)30)27(21-24)25-16-13-12-15-23(25)20-22(3)5-2/h12-13,15-18,21-22H,4-11,14,19-20H2,1-3H3,(H,29,30)/t22-/m0/s1. The van der Waals surface area contributed by atoms with Crippen LogP contribution in [0.15, 0.2) is 42.5 Å². The van der Waals surface area contributed by atoms with Gasteiger partial charge in [-0.15, -0.1) is 0 Å². The van der Waals surface area contributed by atoms with Crippen LogP contribution in [0.5, 0.6) is 5.75 Å². The first kappa shape index (κ1) is 25.0. The van der Waals surface area contributed by atoms with E-state index in [1.807, 2.05) is 24.3 Å². The Kier molecular flexibility index (Phi) is 11.2. The summed E-state index contributed by atoms with van der Waals surface area (Å²) in [6.45, 7) is 7.35. The fraction of sp³-hybridized carbons (Fsp3) is 0.536. The van der Waals surface area contributed by atoms with Crippen molar-refractivity contribution in [3.8, 4) is 16.9 Å². The highest BCUT2D eigenvalue weighted by molar-refractivity contribution is 5.97. The van der Waals surface area contributed by atoms with Gasteiger partial charge in [0.15, 0.2) is 0 Å². The van der Waals surface area contributed by atoms with Crippen molar-refractivity contribution in [2.45, 2.75) is 85.0 Å². The number of rotatable bonds is 15. The lowest BCUT2D eigenvalue weighted by atomic mass is 9.90. The molecule has 1 N–H and O–H groups in total. The maximum Gasteiger partial charge on any atom is 0.336 e. The van der Waals surface area contributed by atoms with E-state index < -0.39 is 5.97 Å². The van der Waals surface area contributed by atoms with E-state index in [4.69, 9.17) is 4.74 Å². The van der Waals surface area contributed by atoms with Crippen LogP contribution in [0.1, 0.15) is 94.5 Å². The Hall–Kier alpha value is -2.29. The van der Waals surface area contributed by atoms with Crippen LogP contribution in [0.4, 0.5) is 0 Å². The number of benzene rings is 2. The third-order valence-electron chi connectivity index (χ3n) is 6.06. The second kappa shape index (κ2) is 13.9. The van der Waals surface area contributed by atoms with Gasteiger partial charge in [-0.2, -0.15) is 0 Å². The molecular weight excluding hydrogens is 384 g/mol. The highest BCUT2D eigenvalue weighted by atomic mass is 16.5. The highest BCUT2D eigenvalue weighted by Crippen LogP contribution is 2.32. The van der Waals surface area contributed by atoms with Crippen molar-refractivity contribution in [1.29, 1.82) is 0 Å². The molecule has 0 aliphatic rings. The van der Waals surface area contributed by atoms with Crippen LogP contribution in [0, 0.1) is 5.92 Å². The normalized spacial score (nSPS) is 12.0. The molecule has 0 saturated heterocycles. The van der Waals surface area contributed by atoms with Crippen molar-refractivity contribution >= 4 is 5.97 Å². The summed E-state index contributed by atoms with van der Waals surface area (Å²) in [5.74, 6) is 0.403. The minimum absolute atomic E-state index is 0.330. The lowest BCUT2D eigenvalue weighted by Crippen LogP contribution is -2.05. The van der Waals surface area contributed by atoms with Gasteiger partial charge < -0.3 is 9.84 Å². The number of unbranched alkanes of at least 4 members (excludes halogenated alkanes) is 7. The lowest BCUT2D eigenvalue weighted by Gasteiger charge is -2.16. The fourth-order valence-corrected chi connectivity index (χ4v) is 3.93. The van der Waals surface area contributed by atoms with Crippen molar-refractivity contribution in [3.05, 3.63) is 53.6 Å². The van der Waals surface area contributed by atoms with Crippen LogP contribution in [-0.4, -0.2) is 17.7 Å². The van der Waals surface area contributed by atoms with Crippen molar-refractivity contribution in [3.63, 3.8) is 0 Å². The summed E-state index contributed by atoms with van der Waals surface area (Å²) >= 11 is 0. The zero-order valence-electron chi connectivity index (χ0n) is 19.7. The van der Waals surface area contributed by atoms with Crippen molar-refractivity contribution < 1.29 is 14.6 Å². The van der Waals surface area contributed by atoms with Crippen molar-refractivity contribution in [2.75, 3.05) is 6.61 Å². The van der Waals surface area contributed by atoms with Gasteiger partial charge in [0.05, 0.1) is 12.2 Å². The molecule has 3 nitrogen and oxygen atoms in total. The van der Waals surface area contributed by atoms with E-state index in [0.29, 0.717) is 18.1 Å². The summed E-state index contributed by atoms with van der Waals surface area (Å²) < 4.78 is 6.00. The van der Waals surface area contributed by atoms with Crippen LogP contribution in [0.2, 0.25) is 0 Å². The summed E-state index contributed by atoms with van der Waals surface area (Å²) in [5.41, 5.74) is 3.27. The van der Waals surface area contributed by atoms with E-state index in [-0.39, 0.29) is 0 Å². The molecule has 0 heterocycles. The van der Waals surface area contributed by atoms with Gasteiger partial charge in [0.25, 0.3) is 0 Å². The van der Waals surface area contributed by atoms with Gasteiger partial charge in [-0.3, -0.25) is 0 Å². The second-order valence-electron chi connectivity index (χ2n) is 8.71. The summed E-state index contributed by atoms with van der Waals surface area (Å²) in [4.78, 5) is 11.9. The van der Waals surface area contributed by atoms with E-state index in [2.05, 4.69) is 26.8 Å². The molecule has 2 rings (SSSR count). The van der Waals surface area contributed by atoms with Gasteiger partial charge in [0.2, 0.25) is 0 Å². The largest absolute Gasteiger partial charge is 0.494 e. The molecule has 0 aromatic heterocycles. The zero-order chi connectivity index (χ0) is 22.5. The third-order valence-corrected chi connectivity index (χ3v) is 6.06.